The molecule has 0 saturated carbocycles. The van der Waals surface area contributed by atoms with Crippen LogP contribution in [-0.2, 0) is 38.1 Å². The molecule has 0 saturated heterocycles. The number of thioether (sulfide) groups is 1. The molecular formula is C24H43NO8S. The molecule has 34 heavy (non-hydrogen) atoms. The summed E-state index contributed by atoms with van der Waals surface area (Å²) in [5.41, 5.74) is 0.779. The highest BCUT2D eigenvalue weighted by Crippen LogP contribution is 2.09. The summed E-state index contributed by atoms with van der Waals surface area (Å²) in [7, 11) is 1.90. The Morgan fingerprint density at radius 3 is 1.74 bits per heavy atom. The van der Waals surface area contributed by atoms with Crippen LogP contribution in [0.5, 0.6) is 0 Å². The zero-order valence-electron chi connectivity index (χ0n) is 21.4. The summed E-state index contributed by atoms with van der Waals surface area (Å²) < 4.78 is 25.1. The Labute approximate surface area is 208 Å². The van der Waals surface area contributed by atoms with Crippen LogP contribution < -0.4 is 5.32 Å². The average Bonchev–Trinajstić information content (AvgIpc) is 2.80. The van der Waals surface area contributed by atoms with Crippen molar-refractivity contribution in [2.75, 3.05) is 71.3 Å². The van der Waals surface area contributed by atoms with Crippen molar-refractivity contribution >= 4 is 29.7 Å². The minimum atomic E-state index is -0.431. The summed E-state index contributed by atoms with van der Waals surface area (Å²) in [6, 6.07) is 0. The fraction of sp³-hybridized carbons (Fsp3) is 0.708. The molecule has 0 fully saturated rings. The highest BCUT2D eigenvalue weighted by molar-refractivity contribution is 7.99. The zero-order chi connectivity index (χ0) is 26.2. The van der Waals surface area contributed by atoms with E-state index in [1.54, 1.807) is 25.6 Å². The molecule has 198 valence electrons. The van der Waals surface area contributed by atoms with Crippen LogP contribution in [0.3, 0.4) is 0 Å². The van der Waals surface area contributed by atoms with Crippen molar-refractivity contribution in [3.8, 4) is 0 Å². The summed E-state index contributed by atoms with van der Waals surface area (Å²) in [6.45, 7) is 17.4. The van der Waals surface area contributed by atoms with Crippen molar-refractivity contribution in [2.24, 2.45) is 5.92 Å². The molecule has 1 atom stereocenters. The number of nitrogens with one attached hydrogen (secondary N) is 1. The first-order valence-corrected chi connectivity index (χ1v) is 12.5. The molecule has 0 spiro atoms. The van der Waals surface area contributed by atoms with Gasteiger partial charge in [0.15, 0.2) is 0 Å². The summed E-state index contributed by atoms with van der Waals surface area (Å²) >= 11 is 1.72. The lowest BCUT2D eigenvalue weighted by atomic mass is 10.2. The predicted molar refractivity (Wildman–Crippen MR) is 135 cm³/mol. The van der Waals surface area contributed by atoms with Crippen molar-refractivity contribution in [1.82, 2.24) is 5.32 Å². The molecule has 1 unspecified atom stereocenters. The standard InChI is InChI=1S/C15H27NO5S.C9H16O3/c1-12(2)14(17)20-8-6-19-7-9-21-15(18)13(3)11-22-10-5-16-4;1-4-5-11-6-7-12-9(10)8(2)3/h13,16H,1,5-11H2,2-4H3;2,4-7H2,1,3H3. The highest BCUT2D eigenvalue weighted by Gasteiger charge is 2.14. The lowest BCUT2D eigenvalue weighted by Crippen LogP contribution is -2.21. The van der Waals surface area contributed by atoms with Crippen molar-refractivity contribution in [2.45, 2.75) is 34.1 Å². The third-order valence-electron chi connectivity index (χ3n) is 3.71. The van der Waals surface area contributed by atoms with Crippen LogP contribution in [0.15, 0.2) is 24.3 Å². The topological polar surface area (TPSA) is 109 Å². The zero-order valence-corrected chi connectivity index (χ0v) is 22.3. The third kappa shape index (κ3) is 23.3. The van der Waals surface area contributed by atoms with Gasteiger partial charge in [-0.1, -0.05) is 27.0 Å². The van der Waals surface area contributed by atoms with Gasteiger partial charge < -0.3 is 29.0 Å². The number of ether oxygens (including phenoxy) is 5. The number of hydrogen-bond acceptors (Lipinski definition) is 10. The van der Waals surface area contributed by atoms with E-state index in [0.29, 0.717) is 31.0 Å². The summed E-state index contributed by atoms with van der Waals surface area (Å²) in [5.74, 6) is 0.598. The van der Waals surface area contributed by atoms with E-state index in [1.165, 1.54) is 0 Å². The lowest BCUT2D eigenvalue weighted by Gasteiger charge is -2.11. The first-order valence-electron chi connectivity index (χ1n) is 11.4. The Bertz CT molecular complexity index is 598. The van der Waals surface area contributed by atoms with Gasteiger partial charge in [0.05, 0.1) is 25.7 Å². The van der Waals surface area contributed by atoms with Gasteiger partial charge in [-0.15, -0.1) is 0 Å². The van der Waals surface area contributed by atoms with Crippen molar-refractivity contribution in [3.05, 3.63) is 24.3 Å². The lowest BCUT2D eigenvalue weighted by molar-refractivity contribution is -0.149. The van der Waals surface area contributed by atoms with E-state index in [9.17, 15) is 14.4 Å². The smallest absolute Gasteiger partial charge is 0.333 e. The van der Waals surface area contributed by atoms with Crippen molar-refractivity contribution < 1.29 is 38.1 Å². The SMILES string of the molecule is C=C(C)C(=O)OCCOCCC.C=C(C)C(=O)OCCOCCOC(=O)C(C)CSCCNC. The van der Waals surface area contributed by atoms with E-state index in [-0.39, 0.29) is 44.3 Å². The van der Waals surface area contributed by atoms with Crippen molar-refractivity contribution in [3.63, 3.8) is 0 Å². The maximum Gasteiger partial charge on any atom is 0.333 e. The summed E-state index contributed by atoms with van der Waals surface area (Å²) in [4.78, 5) is 33.5. The van der Waals surface area contributed by atoms with E-state index in [1.807, 2.05) is 20.9 Å². The molecule has 0 aliphatic carbocycles. The first-order chi connectivity index (χ1) is 16.2. The fourth-order valence-corrected chi connectivity index (χ4v) is 2.83. The summed E-state index contributed by atoms with van der Waals surface area (Å²) in [6.07, 6.45) is 0.981. The van der Waals surface area contributed by atoms with Crippen LogP contribution in [0, 0.1) is 5.92 Å². The molecule has 0 rings (SSSR count). The number of hydrogen-bond donors (Lipinski definition) is 1. The second-order valence-electron chi connectivity index (χ2n) is 7.30. The van der Waals surface area contributed by atoms with Gasteiger partial charge >= 0.3 is 17.9 Å². The van der Waals surface area contributed by atoms with Gasteiger partial charge in [0.25, 0.3) is 0 Å². The van der Waals surface area contributed by atoms with Gasteiger partial charge in [-0.05, 0) is 27.3 Å². The molecule has 0 heterocycles. The number of carbonyl (C=O) groups is 3. The Morgan fingerprint density at radius 2 is 1.29 bits per heavy atom. The summed E-state index contributed by atoms with van der Waals surface area (Å²) in [5, 5.41) is 3.05. The Morgan fingerprint density at radius 1 is 0.824 bits per heavy atom. The Hall–Kier alpha value is -1.88. The van der Waals surface area contributed by atoms with Crippen LogP contribution >= 0.6 is 11.8 Å². The fourth-order valence-electron chi connectivity index (χ4n) is 1.83. The molecule has 9 nitrogen and oxygen atoms in total. The molecule has 0 amide bonds. The van der Waals surface area contributed by atoms with Crippen LogP contribution in [0.25, 0.3) is 0 Å². The van der Waals surface area contributed by atoms with Crippen LogP contribution in [0.2, 0.25) is 0 Å². The van der Waals surface area contributed by atoms with E-state index < -0.39 is 5.97 Å². The molecular weight excluding hydrogens is 462 g/mol. The van der Waals surface area contributed by atoms with Crippen LogP contribution in [-0.4, -0.2) is 89.3 Å². The highest BCUT2D eigenvalue weighted by atomic mass is 32.2. The number of esters is 3. The van der Waals surface area contributed by atoms with E-state index in [4.69, 9.17) is 23.7 Å². The molecule has 0 aromatic rings. The molecule has 0 aromatic heterocycles. The molecule has 0 radical (unpaired) electrons. The Balaban J connectivity index is 0. The maximum atomic E-state index is 11.7. The molecule has 1 N–H and O–H groups in total. The predicted octanol–water partition coefficient (Wildman–Crippen LogP) is 2.79. The monoisotopic (exact) mass is 505 g/mol. The van der Waals surface area contributed by atoms with Gasteiger partial charge in [0.1, 0.15) is 19.8 Å². The maximum absolute atomic E-state index is 11.7. The van der Waals surface area contributed by atoms with Gasteiger partial charge in [-0.2, -0.15) is 11.8 Å². The van der Waals surface area contributed by atoms with Crippen LogP contribution in [0.4, 0.5) is 0 Å². The second kappa shape index (κ2) is 24.3. The number of rotatable bonds is 19. The van der Waals surface area contributed by atoms with Gasteiger partial charge in [-0.25, -0.2) is 9.59 Å². The van der Waals surface area contributed by atoms with E-state index in [2.05, 4.69) is 18.5 Å². The minimum Gasteiger partial charge on any atom is -0.463 e. The van der Waals surface area contributed by atoms with E-state index in [0.717, 1.165) is 24.5 Å². The molecule has 0 aliphatic rings. The molecule has 10 heteroatoms. The van der Waals surface area contributed by atoms with Gasteiger partial charge in [0, 0.05) is 35.8 Å². The second-order valence-corrected chi connectivity index (χ2v) is 8.45. The largest absolute Gasteiger partial charge is 0.463 e. The first kappa shape index (κ1) is 34.3. The third-order valence-corrected chi connectivity index (χ3v) is 4.93. The van der Waals surface area contributed by atoms with Gasteiger partial charge in [-0.3, -0.25) is 4.79 Å². The quantitative estimate of drug-likeness (QED) is 0.122. The minimum absolute atomic E-state index is 0.127. The Kier molecular flexibility index (Phi) is 24.5. The molecule has 0 aliphatic heterocycles. The van der Waals surface area contributed by atoms with E-state index >= 15 is 0 Å². The van der Waals surface area contributed by atoms with Gasteiger partial charge in [0.2, 0.25) is 0 Å². The molecule has 0 bridgehead atoms. The number of carbonyl (C=O) groups excluding carboxylic acids is 3. The van der Waals surface area contributed by atoms with Crippen molar-refractivity contribution in [1.29, 1.82) is 0 Å². The van der Waals surface area contributed by atoms with Crippen LogP contribution in [0.1, 0.15) is 34.1 Å². The molecule has 0 aromatic carbocycles. The normalized spacial score (nSPS) is 11.0. The average molecular weight is 506 g/mol.